The van der Waals surface area contributed by atoms with E-state index in [-0.39, 0.29) is 22.2 Å². The summed E-state index contributed by atoms with van der Waals surface area (Å²) in [5.74, 6) is 0.511. The zero-order chi connectivity index (χ0) is 22.0. The van der Waals surface area contributed by atoms with Crippen molar-refractivity contribution >= 4 is 26.6 Å². The minimum absolute atomic E-state index is 0.000364. The lowest BCUT2D eigenvalue weighted by atomic mass is 10.1. The van der Waals surface area contributed by atoms with Gasteiger partial charge in [0.1, 0.15) is 16.4 Å². The largest absolute Gasteiger partial charge is 0.497 e. The molecule has 0 saturated carbocycles. The van der Waals surface area contributed by atoms with Crippen molar-refractivity contribution in [1.82, 2.24) is 4.98 Å². The van der Waals surface area contributed by atoms with Crippen molar-refractivity contribution in [3.8, 4) is 23.0 Å². The average Bonchev–Trinajstić information content (AvgIpc) is 2.78. The van der Waals surface area contributed by atoms with Crippen molar-refractivity contribution < 1.29 is 22.3 Å². The van der Waals surface area contributed by atoms with Crippen LogP contribution in [0.4, 0.5) is 5.69 Å². The molecule has 1 heterocycles. The Balaban J connectivity index is 1.81. The minimum atomic E-state index is -4.07. The molecular weight excluding hydrogens is 420 g/mol. The van der Waals surface area contributed by atoms with Crippen molar-refractivity contribution in [2.75, 3.05) is 18.9 Å². The first kappa shape index (κ1) is 20.4. The SMILES string of the molecule is COc1ccc(OC)c(S(=O)(=O)Nc2ccccc2-c2nc3ccccc3c(=O)o2)c1. The molecule has 0 aliphatic heterocycles. The molecule has 0 aliphatic carbocycles. The van der Waals surface area contributed by atoms with Gasteiger partial charge < -0.3 is 13.9 Å². The van der Waals surface area contributed by atoms with Gasteiger partial charge in [0.15, 0.2) is 0 Å². The van der Waals surface area contributed by atoms with Crippen LogP contribution in [-0.4, -0.2) is 27.6 Å². The summed E-state index contributed by atoms with van der Waals surface area (Å²) < 4.78 is 44.5. The van der Waals surface area contributed by atoms with E-state index in [1.54, 1.807) is 54.6 Å². The molecule has 8 nitrogen and oxygen atoms in total. The summed E-state index contributed by atoms with van der Waals surface area (Å²) in [6.07, 6.45) is 0. The zero-order valence-electron chi connectivity index (χ0n) is 16.7. The van der Waals surface area contributed by atoms with Crippen molar-refractivity contribution in [2.24, 2.45) is 0 Å². The standard InChI is InChI=1S/C22H18N2O6S/c1-28-14-11-12-19(29-2)20(13-14)31(26,27)24-18-10-6-3-7-15(18)21-23-17-9-5-4-8-16(17)22(25)30-21/h3-13,24H,1-2H3. The van der Waals surface area contributed by atoms with Gasteiger partial charge in [-0.2, -0.15) is 0 Å². The van der Waals surface area contributed by atoms with Gasteiger partial charge in [-0.05, 0) is 36.4 Å². The number of methoxy groups -OCH3 is 2. The number of rotatable bonds is 6. The Morgan fingerprint density at radius 3 is 2.45 bits per heavy atom. The molecule has 0 unspecified atom stereocenters. The van der Waals surface area contributed by atoms with Crippen LogP contribution in [-0.2, 0) is 10.0 Å². The Morgan fingerprint density at radius 2 is 1.68 bits per heavy atom. The first-order valence-electron chi connectivity index (χ1n) is 9.17. The molecule has 9 heteroatoms. The molecule has 0 aliphatic rings. The fraction of sp³-hybridized carbons (Fsp3) is 0.0909. The van der Waals surface area contributed by atoms with Crippen LogP contribution in [0.3, 0.4) is 0 Å². The quantitative estimate of drug-likeness (QED) is 0.489. The lowest BCUT2D eigenvalue weighted by Crippen LogP contribution is -2.15. The van der Waals surface area contributed by atoms with Crippen molar-refractivity contribution in [2.45, 2.75) is 4.90 Å². The summed E-state index contributed by atoms with van der Waals surface area (Å²) in [4.78, 5) is 16.7. The number of hydrogen-bond donors (Lipinski definition) is 1. The molecule has 0 spiro atoms. The Kier molecular flexibility index (Phi) is 5.35. The molecule has 4 aromatic rings. The highest BCUT2D eigenvalue weighted by molar-refractivity contribution is 7.92. The Hall–Kier alpha value is -3.85. The molecule has 0 atom stereocenters. The third-order valence-corrected chi connectivity index (χ3v) is 5.98. The van der Waals surface area contributed by atoms with E-state index in [0.717, 1.165) is 0 Å². The molecule has 1 aromatic heterocycles. The summed E-state index contributed by atoms with van der Waals surface area (Å²) in [5, 5.41) is 0.338. The van der Waals surface area contributed by atoms with Crippen LogP contribution in [0, 0.1) is 0 Å². The third kappa shape index (κ3) is 3.95. The van der Waals surface area contributed by atoms with Gasteiger partial charge in [0.05, 0.1) is 36.4 Å². The Morgan fingerprint density at radius 1 is 0.935 bits per heavy atom. The fourth-order valence-electron chi connectivity index (χ4n) is 3.09. The minimum Gasteiger partial charge on any atom is -0.497 e. The number of aromatic nitrogens is 1. The summed E-state index contributed by atoms with van der Waals surface area (Å²) >= 11 is 0. The molecule has 0 fully saturated rings. The first-order chi connectivity index (χ1) is 14.9. The van der Waals surface area contributed by atoms with E-state index in [1.165, 1.54) is 26.4 Å². The number of para-hydroxylation sites is 2. The highest BCUT2D eigenvalue weighted by Gasteiger charge is 2.23. The predicted octanol–water partition coefficient (Wildman–Crippen LogP) is 3.67. The topological polar surface area (TPSA) is 108 Å². The normalized spacial score (nSPS) is 11.3. The molecule has 4 rings (SSSR count). The number of nitrogens with zero attached hydrogens (tertiary/aromatic N) is 1. The van der Waals surface area contributed by atoms with Crippen LogP contribution in [0.15, 0.2) is 80.8 Å². The second kappa shape index (κ2) is 8.11. The van der Waals surface area contributed by atoms with E-state index in [9.17, 15) is 13.2 Å². The predicted molar refractivity (Wildman–Crippen MR) is 116 cm³/mol. The Bertz CT molecular complexity index is 1430. The summed E-state index contributed by atoms with van der Waals surface area (Å²) in [7, 11) is -1.26. The lowest BCUT2D eigenvalue weighted by molar-refractivity contribution is 0.392. The van der Waals surface area contributed by atoms with Gasteiger partial charge in [-0.1, -0.05) is 24.3 Å². The highest BCUT2D eigenvalue weighted by Crippen LogP contribution is 2.33. The van der Waals surface area contributed by atoms with Gasteiger partial charge in [-0.3, -0.25) is 4.72 Å². The smallest absolute Gasteiger partial charge is 0.347 e. The Labute approximate surface area is 178 Å². The summed E-state index contributed by atoms with van der Waals surface area (Å²) in [6.45, 7) is 0. The van der Waals surface area contributed by atoms with E-state index in [4.69, 9.17) is 13.9 Å². The van der Waals surface area contributed by atoms with E-state index in [1.807, 2.05) is 0 Å². The zero-order valence-corrected chi connectivity index (χ0v) is 17.5. The van der Waals surface area contributed by atoms with Crippen LogP contribution in [0.2, 0.25) is 0 Å². The maximum atomic E-state index is 13.2. The maximum Gasteiger partial charge on any atom is 0.347 e. The number of hydrogen-bond acceptors (Lipinski definition) is 7. The number of sulfonamides is 1. The number of benzene rings is 3. The van der Waals surface area contributed by atoms with E-state index < -0.39 is 15.6 Å². The van der Waals surface area contributed by atoms with Gasteiger partial charge in [-0.15, -0.1) is 0 Å². The monoisotopic (exact) mass is 438 g/mol. The number of nitrogens with one attached hydrogen (secondary N) is 1. The van der Waals surface area contributed by atoms with Crippen LogP contribution in [0.25, 0.3) is 22.4 Å². The fourth-order valence-corrected chi connectivity index (χ4v) is 4.35. The molecule has 0 amide bonds. The average molecular weight is 438 g/mol. The lowest BCUT2D eigenvalue weighted by Gasteiger charge is -2.14. The number of fused-ring (bicyclic) bond motifs is 1. The molecular formula is C22H18N2O6S. The molecule has 0 saturated heterocycles. The van der Waals surface area contributed by atoms with Gasteiger partial charge in [-0.25, -0.2) is 18.2 Å². The second-order valence-corrected chi connectivity index (χ2v) is 8.14. The van der Waals surface area contributed by atoms with Crippen LogP contribution in [0.1, 0.15) is 0 Å². The first-order valence-corrected chi connectivity index (χ1v) is 10.7. The van der Waals surface area contributed by atoms with Gasteiger partial charge in [0.25, 0.3) is 10.0 Å². The van der Waals surface area contributed by atoms with Crippen molar-refractivity contribution in [3.63, 3.8) is 0 Å². The highest BCUT2D eigenvalue weighted by atomic mass is 32.2. The number of ether oxygens (including phenoxy) is 2. The summed E-state index contributed by atoms with van der Waals surface area (Å²) in [5.41, 5.74) is 0.391. The molecule has 0 bridgehead atoms. The van der Waals surface area contributed by atoms with Crippen LogP contribution >= 0.6 is 0 Å². The summed E-state index contributed by atoms with van der Waals surface area (Å²) in [6, 6.07) is 17.7. The third-order valence-electron chi connectivity index (χ3n) is 4.60. The van der Waals surface area contributed by atoms with E-state index >= 15 is 0 Å². The molecule has 31 heavy (non-hydrogen) atoms. The molecule has 158 valence electrons. The van der Waals surface area contributed by atoms with Gasteiger partial charge in [0, 0.05) is 6.07 Å². The number of anilines is 1. The maximum absolute atomic E-state index is 13.2. The molecule has 1 N–H and O–H groups in total. The molecule has 0 radical (unpaired) electrons. The second-order valence-electron chi connectivity index (χ2n) is 6.49. The van der Waals surface area contributed by atoms with Crippen molar-refractivity contribution in [1.29, 1.82) is 0 Å². The van der Waals surface area contributed by atoms with Crippen molar-refractivity contribution in [3.05, 3.63) is 77.2 Å². The van der Waals surface area contributed by atoms with Gasteiger partial charge >= 0.3 is 5.63 Å². The van der Waals surface area contributed by atoms with Crippen LogP contribution < -0.4 is 19.8 Å². The van der Waals surface area contributed by atoms with Crippen LogP contribution in [0.5, 0.6) is 11.5 Å². The molecule has 3 aromatic carbocycles. The van der Waals surface area contributed by atoms with Gasteiger partial charge in [0.2, 0.25) is 5.89 Å². The van der Waals surface area contributed by atoms with E-state index in [0.29, 0.717) is 22.2 Å². The van der Waals surface area contributed by atoms with E-state index in [2.05, 4.69) is 9.71 Å².